The fourth-order valence-corrected chi connectivity index (χ4v) is 2.09. The van der Waals surface area contributed by atoms with Gasteiger partial charge in [-0.25, -0.2) is 4.98 Å². The first kappa shape index (κ1) is 11.6. The van der Waals surface area contributed by atoms with E-state index in [0.29, 0.717) is 5.69 Å². The zero-order valence-corrected chi connectivity index (χ0v) is 9.81. The summed E-state index contributed by atoms with van der Waals surface area (Å²) in [4.78, 5) is 6.07. The van der Waals surface area contributed by atoms with Crippen molar-refractivity contribution in [2.75, 3.05) is 0 Å². The predicted octanol–water partition coefficient (Wildman–Crippen LogP) is 2.60. The Labute approximate surface area is 104 Å². The summed E-state index contributed by atoms with van der Waals surface area (Å²) >= 11 is 1.57. The molecule has 84 valence electrons. The van der Waals surface area contributed by atoms with Gasteiger partial charge in [-0.05, 0) is 29.8 Å². The molecule has 1 heterocycles. The second kappa shape index (κ2) is 5.48. The molecular formula is C13H10N2OS. The van der Waals surface area contributed by atoms with Crippen molar-refractivity contribution >= 4 is 11.8 Å². The van der Waals surface area contributed by atoms with E-state index in [2.05, 4.69) is 4.98 Å². The van der Waals surface area contributed by atoms with Crippen LogP contribution in [0.1, 0.15) is 11.3 Å². The third kappa shape index (κ3) is 3.06. The second-order valence-electron chi connectivity index (χ2n) is 3.40. The lowest BCUT2D eigenvalue weighted by Gasteiger charge is -2.02. The van der Waals surface area contributed by atoms with Gasteiger partial charge in [0.15, 0.2) is 0 Å². The SMILES string of the molecule is N#Cc1ccc(Sc2ccc(CO)cc2)cn1. The zero-order valence-electron chi connectivity index (χ0n) is 9.00. The van der Waals surface area contributed by atoms with Crippen molar-refractivity contribution in [3.63, 3.8) is 0 Å². The average molecular weight is 242 g/mol. The number of pyridine rings is 1. The Balaban J connectivity index is 2.11. The lowest BCUT2D eigenvalue weighted by Crippen LogP contribution is -1.83. The molecule has 0 radical (unpaired) electrons. The van der Waals surface area contributed by atoms with E-state index < -0.39 is 0 Å². The number of benzene rings is 1. The number of aliphatic hydroxyl groups excluding tert-OH is 1. The normalized spacial score (nSPS) is 9.88. The van der Waals surface area contributed by atoms with Gasteiger partial charge < -0.3 is 5.11 Å². The lowest BCUT2D eigenvalue weighted by atomic mass is 10.2. The lowest BCUT2D eigenvalue weighted by molar-refractivity contribution is 0.282. The van der Waals surface area contributed by atoms with E-state index in [1.165, 1.54) is 0 Å². The number of rotatable bonds is 3. The van der Waals surface area contributed by atoms with Gasteiger partial charge in [0.05, 0.1) is 6.61 Å². The smallest absolute Gasteiger partial charge is 0.140 e. The molecule has 0 bridgehead atoms. The van der Waals surface area contributed by atoms with Crippen molar-refractivity contribution in [2.24, 2.45) is 0 Å². The fourth-order valence-electron chi connectivity index (χ4n) is 1.31. The van der Waals surface area contributed by atoms with Crippen LogP contribution in [-0.4, -0.2) is 10.1 Å². The molecule has 1 N–H and O–H groups in total. The van der Waals surface area contributed by atoms with Gasteiger partial charge in [-0.3, -0.25) is 0 Å². The van der Waals surface area contributed by atoms with Gasteiger partial charge in [-0.2, -0.15) is 5.26 Å². The third-order valence-corrected chi connectivity index (χ3v) is 3.18. The van der Waals surface area contributed by atoms with E-state index in [1.54, 1.807) is 24.0 Å². The largest absolute Gasteiger partial charge is 0.392 e. The molecule has 3 nitrogen and oxygen atoms in total. The van der Waals surface area contributed by atoms with Gasteiger partial charge in [-0.1, -0.05) is 23.9 Å². The minimum Gasteiger partial charge on any atom is -0.392 e. The molecule has 0 atom stereocenters. The van der Waals surface area contributed by atoms with Crippen molar-refractivity contribution in [2.45, 2.75) is 16.4 Å². The predicted molar refractivity (Wildman–Crippen MR) is 65.4 cm³/mol. The van der Waals surface area contributed by atoms with E-state index in [1.807, 2.05) is 36.4 Å². The summed E-state index contributed by atoms with van der Waals surface area (Å²) in [6.45, 7) is 0.0589. The van der Waals surface area contributed by atoms with E-state index in [-0.39, 0.29) is 6.61 Å². The molecule has 2 aromatic rings. The minimum atomic E-state index is 0.0589. The molecule has 0 unspecified atom stereocenters. The summed E-state index contributed by atoms with van der Waals surface area (Å²) in [6.07, 6.45) is 1.68. The summed E-state index contributed by atoms with van der Waals surface area (Å²) in [6, 6.07) is 13.2. The molecule has 0 aliphatic heterocycles. The molecule has 1 aromatic carbocycles. The highest BCUT2D eigenvalue weighted by atomic mass is 32.2. The maximum atomic E-state index is 8.93. The molecule has 17 heavy (non-hydrogen) atoms. The molecule has 0 spiro atoms. The standard InChI is InChI=1S/C13H10N2OS/c14-7-11-3-6-13(8-15-11)17-12-4-1-10(9-16)2-5-12/h1-6,8,16H,9H2. The molecule has 0 saturated carbocycles. The van der Waals surface area contributed by atoms with Crippen molar-refractivity contribution in [3.05, 3.63) is 53.9 Å². The van der Waals surface area contributed by atoms with Crippen LogP contribution in [-0.2, 0) is 6.61 Å². The number of aliphatic hydroxyl groups is 1. The van der Waals surface area contributed by atoms with Gasteiger partial charge in [-0.15, -0.1) is 0 Å². The molecule has 1 aromatic heterocycles. The Morgan fingerprint density at radius 3 is 2.35 bits per heavy atom. The van der Waals surface area contributed by atoms with Gasteiger partial charge in [0.1, 0.15) is 11.8 Å². The van der Waals surface area contributed by atoms with E-state index in [9.17, 15) is 0 Å². The van der Waals surface area contributed by atoms with Crippen LogP contribution in [0.3, 0.4) is 0 Å². The Bertz CT molecular complexity index is 529. The van der Waals surface area contributed by atoms with Crippen molar-refractivity contribution in [1.29, 1.82) is 5.26 Å². The highest BCUT2D eigenvalue weighted by molar-refractivity contribution is 7.99. The first-order valence-electron chi connectivity index (χ1n) is 5.05. The van der Waals surface area contributed by atoms with E-state index >= 15 is 0 Å². The van der Waals surface area contributed by atoms with Crippen molar-refractivity contribution in [3.8, 4) is 6.07 Å². The van der Waals surface area contributed by atoms with Crippen LogP contribution in [0.5, 0.6) is 0 Å². The fraction of sp³-hybridized carbons (Fsp3) is 0.0769. The molecule has 0 fully saturated rings. The van der Waals surface area contributed by atoms with Crippen LogP contribution in [0, 0.1) is 11.3 Å². The number of aromatic nitrogens is 1. The molecule has 0 saturated heterocycles. The van der Waals surface area contributed by atoms with Gasteiger partial charge in [0.25, 0.3) is 0 Å². The van der Waals surface area contributed by atoms with Crippen molar-refractivity contribution in [1.82, 2.24) is 4.98 Å². The maximum absolute atomic E-state index is 8.93. The van der Waals surface area contributed by atoms with Crippen molar-refractivity contribution < 1.29 is 5.11 Å². The third-order valence-electron chi connectivity index (χ3n) is 2.19. The van der Waals surface area contributed by atoms with Gasteiger partial charge in [0.2, 0.25) is 0 Å². The minimum absolute atomic E-state index is 0.0589. The molecule has 2 rings (SSSR count). The molecule has 4 heteroatoms. The molecule has 0 aliphatic carbocycles. The first-order valence-corrected chi connectivity index (χ1v) is 5.87. The van der Waals surface area contributed by atoms with Crippen LogP contribution in [0.4, 0.5) is 0 Å². The second-order valence-corrected chi connectivity index (χ2v) is 4.54. The Hall–Kier alpha value is -1.83. The van der Waals surface area contributed by atoms with E-state index in [0.717, 1.165) is 15.4 Å². The summed E-state index contributed by atoms with van der Waals surface area (Å²) in [5.41, 5.74) is 1.32. The first-order chi connectivity index (χ1) is 8.31. The monoisotopic (exact) mass is 242 g/mol. The van der Waals surface area contributed by atoms with Crippen LogP contribution < -0.4 is 0 Å². The van der Waals surface area contributed by atoms with Gasteiger partial charge in [0, 0.05) is 16.0 Å². The van der Waals surface area contributed by atoms with Crippen LogP contribution in [0.2, 0.25) is 0 Å². The highest BCUT2D eigenvalue weighted by Gasteiger charge is 1.99. The summed E-state index contributed by atoms with van der Waals surface area (Å²) in [5, 5.41) is 17.6. The zero-order chi connectivity index (χ0) is 12.1. The number of hydrogen-bond donors (Lipinski definition) is 1. The van der Waals surface area contributed by atoms with Crippen LogP contribution in [0.25, 0.3) is 0 Å². The summed E-state index contributed by atoms with van der Waals surface area (Å²) in [7, 11) is 0. The topological polar surface area (TPSA) is 56.9 Å². The molecule has 0 amide bonds. The quantitative estimate of drug-likeness (QED) is 0.898. The highest BCUT2D eigenvalue weighted by Crippen LogP contribution is 2.27. The number of nitriles is 1. The van der Waals surface area contributed by atoms with Crippen LogP contribution in [0.15, 0.2) is 52.4 Å². The number of hydrogen-bond acceptors (Lipinski definition) is 4. The summed E-state index contributed by atoms with van der Waals surface area (Å²) in [5.74, 6) is 0. The summed E-state index contributed by atoms with van der Waals surface area (Å²) < 4.78 is 0. The van der Waals surface area contributed by atoms with E-state index in [4.69, 9.17) is 10.4 Å². The van der Waals surface area contributed by atoms with Crippen LogP contribution >= 0.6 is 11.8 Å². The number of nitrogens with zero attached hydrogens (tertiary/aromatic N) is 2. The molecule has 0 aliphatic rings. The maximum Gasteiger partial charge on any atom is 0.140 e. The molecular weight excluding hydrogens is 232 g/mol. The Morgan fingerprint density at radius 1 is 1.12 bits per heavy atom. The Morgan fingerprint density at radius 2 is 1.82 bits per heavy atom. The average Bonchev–Trinajstić information content (AvgIpc) is 2.40. The Kier molecular flexibility index (Phi) is 3.76. The van der Waals surface area contributed by atoms with Gasteiger partial charge >= 0.3 is 0 Å².